The molecule has 0 fully saturated rings. The van der Waals surface area contributed by atoms with Gasteiger partial charge in [0.05, 0.1) is 0 Å². The minimum atomic E-state index is -2.45. The highest BCUT2D eigenvalue weighted by Gasteiger charge is 2.20. The smallest absolute Gasteiger partial charge is 0.313 e. The monoisotopic (exact) mass is 338 g/mol. The van der Waals surface area contributed by atoms with Gasteiger partial charge in [-0.3, -0.25) is 0 Å². The summed E-state index contributed by atoms with van der Waals surface area (Å²) in [7, 11) is -3.21. The Hall–Kier alpha value is -1.85. The van der Waals surface area contributed by atoms with Gasteiger partial charge in [-0.15, -0.1) is 0 Å². The lowest BCUT2D eigenvalue weighted by atomic mass is 10.2. The van der Waals surface area contributed by atoms with Crippen molar-refractivity contribution in [3.63, 3.8) is 0 Å². The van der Waals surface area contributed by atoms with E-state index >= 15 is 0 Å². The van der Waals surface area contributed by atoms with Crippen LogP contribution in [-0.4, -0.2) is 0 Å². The van der Waals surface area contributed by atoms with Crippen LogP contribution >= 0.6 is 15.9 Å². The number of hydrogen-bond acceptors (Lipinski definition) is 2. The number of hydrogen-bond donors (Lipinski definition) is 0. The van der Waals surface area contributed by atoms with Gasteiger partial charge >= 0.3 is 8.03 Å². The van der Waals surface area contributed by atoms with Gasteiger partial charge in [0.2, 0.25) is 0 Å². The Morgan fingerprint density at radius 1 is 0.739 bits per heavy atom. The summed E-state index contributed by atoms with van der Waals surface area (Å²) in [6.45, 7) is 0. The summed E-state index contributed by atoms with van der Waals surface area (Å²) in [6, 6.07) is 28.5. The maximum Gasteiger partial charge on any atom is 0.313 e. The van der Waals surface area contributed by atoms with Gasteiger partial charge in [-0.2, -0.15) is 0 Å². The average Bonchev–Trinajstić information content (AvgIpc) is 2.58. The quantitative estimate of drug-likeness (QED) is 0.671. The predicted molar refractivity (Wildman–Crippen MR) is 96.5 cm³/mol. The molecule has 0 aliphatic heterocycles. The van der Waals surface area contributed by atoms with E-state index in [0.29, 0.717) is 0 Å². The van der Waals surface area contributed by atoms with Gasteiger partial charge in [0.15, 0.2) is 6.16 Å². The summed E-state index contributed by atoms with van der Waals surface area (Å²) in [4.78, 5) is 11.3. The van der Waals surface area contributed by atoms with Crippen LogP contribution in [-0.2, 0) is 10.7 Å². The van der Waals surface area contributed by atoms with Crippen molar-refractivity contribution in [2.45, 2.75) is 6.16 Å². The Morgan fingerprint density at radius 2 is 1.22 bits per heavy atom. The zero-order valence-electron chi connectivity index (χ0n) is 12.5. The Labute approximate surface area is 138 Å². The van der Waals surface area contributed by atoms with E-state index in [1.165, 1.54) is 10.6 Å². The van der Waals surface area contributed by atoms with E-state index in [9.17, 15) is 9.46 Å². The Morgan fingerprint density at radius 3 is 1.74 bits per heavy atom. The van der Waals surface area contributed by atoms with Crippen LogP contribution < -0.4 is 20.8 Å². The molecule has 1 atom stereocenters. The fourth-order valence-electron chi connectivity index (χ4n) is 2.58. The van der Waals surface area contributed by atoms with Crippen molar-refractivity contribution < 1.29 is 9.46 Å². The van der Waals surface area contributed by atoms with Gasteiger partial charge < -0.3 is 4.89 Å². The van der Waals surface area contributed by atoms with Gasteiger partial charge in [-0.1, -0.05) is 89.5 Å². The van der Waals surface area contributed by atoms with E-state index in [1.54, 1.807) is 0 Å². The minimum absolute atomic E-state index is 0.0873. The molecule has 3 rings (SSSR count). The molecule has 0 amide bonds. The van der Waals surface area contributed by atoms with Crippen molar-refractivity contribution in [1.82, 2.24) is 0 Å². The van der Waals surface area contributed by atoms with Crippen molar-refractivity contribution in [2.24, 2.45) is 0 Å². The molecule has 4 heteroatoms. The van der Waals surface area contributed by atoms with Crippen molar-refractivity contribution in [1.29, 1.82) is 0 Å². The summed E-state index contributed by atoms with van der Waals surface area (Å²) in [6.07, 6.45) is 0.0873. The molecule has 0 N–H and O–H groups in total. The standard InChI is InChI=1S/C19H16O2P2/c20-22(21)15-16-9-7-8-14-19(16)23(17-10-3-1-4-11-17)18-12-5-2-6-13-18/h1-14H,15H2. The third-order valence-electron chi connectivity index (χ3n) is 3.56. The molecule has 3 aromatic rings. The van der Waals surface area contributed by atoms with Gasteiger partial charge in [0, 0.05) is 5.56 Å². The first-order valence-corrected chi connectivity index (χ1v) is 10.1. The predicted octanol–water partition coefficient (Wildman–Crippen LogP) is 3.05. The molecule has 0 aromatic heterocycles. The van der Waals surface area contributed by atoms with Crippen molar-refractivity contribution in [3.8, 4) is 0 Å². The molecule has 114 valence electrons. The molecule has 0 spiro atoms. The third kappa shape index (κ3) is 3.92. The van der Waals surface area contributed by atoms with Crippen LogP contribution in [0.5, 0.6) is 0 Å². The van der Waals surface area contributed by atoms with Crippen LogP contribution in [0.25, 0.3) is 0 Å². The molecule has 2 nitrogen and oxygen atoms in total. The SMILES string of the molecule is O=[P+]([O-])Cc1ccccc1P(c1ccccc1)c1ccccc1. The van der Waals surface area contributed by atoms with Crippen molar-refractivity contribution in [3.05, 3.63) is 90.5 Å². The summed E-state index contributed by atoms with van der Waals surface area (Å²) in [5.74, 6) is 0. The highest BCUT2D eigenvalue weighted by Crippen LogP contribution is 2.35. The average molecular weight is 338 g/mol. The first-order chi connectivity index (χ1) is 11.3. The van der Waals surface area contributed by atoms with Crippen LogP contribution in [0.1, 0.15) is 5.56 Å². The maximum atomic E-state index is 11.3. The molecule has 0 radical (unpaired) electrons. The molecule has 0 aliphatic rings. The topological polar surface area (TPSA) is 40.1 Å². The molecule has 1 unspecified atom stereocenters. The third-order valence-corrected chi connectivity index (χ3v) is 6.71. The number of benzene rings is 3. The Balaban J connectivity index is 2.15. The highest BCUT2D eigenvalue weighted by molar-refractivity contribution is 7.80. The minimum Gasteiger partial charge on any atom is -0.595 e. The van der Waals surface area contributed by atoms with E-state index in [4.69, 9.17) is 0 Å². The first-order valence-electron chi connectivity index (χ1n) is 7.35. The van der Waals surface area contributed by atoms with E-state index in [0.717, 1.165) is 10.9 Å². The zero-order chi connectivity index (χ0) is 16.1. The molecular weight excluding hydrogens is 322 g/mol. The number of rotatable bonds is 5. The normalized spacial score (nSPS) is 11.5. The first kappa shape index (κ1) is 16.0. The summed E-state index contributed by atoms with van der Waals surface area (Å²) in [5.41, 5.74) is 0.891. The van der Waals surface area contributed by atoms with Crippen molar-refractivity contribution >= 4 is 31.9 Å². The Bertz CT molecular complexity index is 749. The van der Waals surface area contributed by atoms with E-state index in [1.807, 2.05) is 54.6 Å². The van der Waals surface area contributed by atoms with Gasteiger partial charge in [-0.05, 0) is 23.8 Å². The molecular formula is C19H16O2P2. The highest BCUT2D eigenvalue weighted by atomic mass is 31.1. The summed E-state index contributed by atoms with van der Waals surface area (Å²) < 4.78 is 11.3. The lowest BCUT2D eigenvalue weighted by molar-refractivity contribution is -0.164. The van der Waals surface area contributed by atoms with Crippen LogP contribution in [0.2, 0.25) is 0 Å². The second kappa shape index (κ2) is 7.62. The molecule has 0 aliphatic carbocycles. The lowest BCUT2D eigenvalue weighted by Gasteiger charge is -2.21. The van der Waals surface area contributed by atoms with Crippen LogP contribution in [0.15, 0.2) is 84.9 Å². The van der Waals surface area contributed by atoms with Crippen LogP contribution in [0.3, 0.4) is 0 Å². The largest absolute Gasteiger partial charge is 0.595 e. The second-order valence-electron chi connectivity index (χ2n) is 5.13. The summed E-state index contributed by atoms with van der Waals surface area (Å²) >= 11 is 0. The molecule has 0 heterocycles. The van der Waals surface area contributed by atoms with E-state index in [-0.39, 0.29) is 6.16 Å². The zero-order valence-corrected chi connectivity index (χ0v) is 14.3. The molecule has 0 saturated heterocycles. The maximum absolute atomic E-state index is 11.3. The Kier molecular flexibility index (Phi) is 5.31. The lowest BCUT2D eigenvalue weighted by Crippen LogP contribution is -2.23. The van der Waals surface area contributed by atoms with Crippen molar-refractivity contribution in [2.75, 3.05) is 0 Å². The van der Waals surface area contributed by atoms with Gasteiger partial charge in [-0.25, -0.2) is 0 Å². The molecule has 0 saturated carbocycles. The molecule has 23 heavy (non-hydrogen) atoms. The fourth-order valence-corrected chi connectivity index (χ4v) is 5.73. The molecule has 3 aromatic carbocycles. The molecule has 0 bridgehead atoms. The fraction of sp³-hybridized carbons (Fsp3) is 0.0526. The van der Waals surface area contributed by atoms with E-state index in [2.05, 4.69) is 30.3 Å². The van der Waals surface area contributed by atoms with Crippen LogP contribution in [0, 0.1) is 0 Å². The summed E-state index contributed by atoms with van der Waals surface area (Å²) in [5, 5.41) is 3.56. The van der Waals surface area contributed by atoms with Gasteiger partial charge in [0.1, 0.15) is 0 Å². The van der Waals surface area contributed by atoms with E-state index < -0.39 is 15.9 Å². The van der Waals surface area contributed by atoms with Crippen LogP contribution in [0.4, 0.5) is 0 Å². The second-order valence-corrected chi connectivity index (χ2v) is 8.29. The van der Waals surface area contributed by atoms with Gasteiger partial charge in [0.25, 0.3) is 0 Å².